The van der Waals surface area contributed by atoms with Gasteiger partial charge in [-0.1, -0.05) is 11.6 Å². The van der Waals surface area contributed by atoms with Crippen molar-refractivity contribution in [2.75, 3.05) is 5.73 Å². The van der Waals surface area contributed by atoms with Crippen LogP contribution in [0.15, 0.2) is 17.6 Å². The maximum absolute atomic E-state index is 13.2. The number of hydrogen-bond acceptors (Lipinski definition) is 4. The number of halogens is 2. The molecule has 0 bridgehead atoms. The van der Waals surface area contributed by atoms with E-state index in [1.165, 1.54) is 23.6 Å². The summed E-state index contributed by atoms with van der Waals surface area (Å²) in [5, 5.41) is 2.42. The first-order valence-corrected chi connectivity index (χ1v) is 4.95. The number of rotatable bonds is 1. The molecule has 0 saturated heterocycles. The maximum atomic E-state index is 13.2. The third kappa shape index (κ3) is 1.69. The molecule has 0 aliphatic rings. The Labute approximate surface area is 88.4 Å². The van der Waals surface area contributed by atoms with Crippen LogP contribution in [0.2, 0.25) is 5.02 Å². The molecule has 2 rings (SSSR count). The number of hydrogen-bond donors (Lipinski definition) is 1. The molecule has 2 aromatic rings. The van der Waals surface area contributed by atoms with Gasteiger partial charge in [0.05, 0.1) is 16.3 Å². The van der Waals surface area contributed by atoms with Gasteiger partial charge in [0.25, 0.3) is 0 Å². The van der Waals surface area contributed by atoms with Gasteiger partial charge in [-0.25, -0.2) is 9.97 Å². The molecule has 0 aromatic carbocycles. The lowest BCUT2D eigenvalue weighted by molar-refractivity contribution is 0.587. The van der Waals surface area contributed by atoms with Crippen LogP contribution in [0.3, 0.4) is 0 Å². The van der Waals surface area contributed by atoms with Gasteiger partial charge in [-0.3, -0.25) is 0 Å². The highest BCUT2D eigenvalue weighted by molar-refractivity contribution is 7.13. The minimum Gasteiger partial charge on any atom is -0.375 e. The summed E-state index contributed by atoms with van der Waals surface area (Å²) >= 11 is 6.93. The van der Waals surface area contributed by atoms with Crippen LogP contribution in [0.4, 0.5) is 9.52 Å². The minimum atomic E-state index is -0.597. The molecule has 0 amide bonds. The van der Waals surface area contributed by atoms with E-state index in [0.717, 1.165) is 0 Å². The normalized spacial score (nSPS) is 10.4. The van der Waals surface area contributed by atoms with Crippen LogP contribution in [-0.4, -0.2) is 9.97 Å². The summed E-state index contributed by atoms with van der Waals surface area (Å²) < 4.78 is 13.2. The van der Waals surface area contributed by atoms with Crippen molar-refractivity contribution in [3.63, 3.8) is 0 Å². The standard InChI is InChI=1S/C8H5ClFN3S/c9-4-1-5(7(10)12-2-4)6-3-14-8(11)13-6/h1-3H,(H2,11,13). The Morgan fingerprint density at radius 2 is 2.29 bits per heavy atom. The van der Waals surface area contributed by atoms with Crippen LogP contribution < -0.4 is 5.73 Å². The maximum Gasteiger partial charge on any atom is 0.222 e. The Kier molecular flexibility index (Phi) is 2.35. The van der Waals surface area contributed by atoms with Crippen LogP contribution in [0, 0.1) is 5.95 Å². The number of pyridine rings is 1. The van der Waals surface area contributed by atoms with Crippen molar-refractivity contribution in [3.8, 4) is 11.3 Å². The van der Waals surface area contributed by atoms with Gasteiger partial charge < -0.3 is 5.73 Å². The van der Waals surface area contributed by atoms with Crippen LogP contribution in [-0.2, 0) is 0 Å². The van der Waals surface area contributed by atoms with Crippen molar-refractivity contribution in [1.29, 1.82) is 0 Å². The van der Waals surface area contributed by atoms with Crippen molar-refractivity contribution in [1.82, 2.24) is 9.97 Å². The zero-order valence-electron chi connectivity index (χ0n) is 6.87. The second-order valence-corrected chi connectivity index (χ2v) is 3.89. The Morgan fingerprint density at radius 1 is 1.50 bits per heavy atom. The van der Waals surface area contributed by atoms with Gasteiger partial charge >= 0.3 is 0 Å². The number of nitrogen functional groups attached to an aromatic ring is 1. The van der Waals surface area contributed by atoms with Gasteiger partial charge in [-0.15, -0.1) is 11.3 Å². The van der Waals surface area contributed by atoms with Crippen molar-refractivity contribution >= 4 is 28.1 Å². The lowest BCUT2D eigenvalue weighted by Gasteiger charge is -1.98. The predicted octanol–water partition coefficient (Wildman–Crippen LogP) is 2.58. The average molecular weight is 230 g/mol. The predicted molar refractivity (Wildman–Crippen MR) is 54.7 cm³/mol. The number of aromatic nitrogens is 2. The smallest absolute Gasteiger partial charge is 0.222 e. The molecule has 0 aliphatic heterocycles. The fourth-order valence-corrected chi connectivity index (χ4v) is 1.73. The summed E-state index contributed by atoms with van der Waals surface area (Å²) in [7, 11) is 0. The molecule has 0 atom stereocenters. The zero-order chi connectivity index (χ0) is 10.1. The van der Waals surface area contributed by atoms with Crippen molar-refractivity contribution < 1.29 is 4.39 Å². The lowest BCUT2D eigenvalue weighted by atomic mass is 10.2. The van der Waals surface area contributed by atoms with Crippen LogP contribution in [0.25, 0.3) is 11.3 Å². The van der Waals surface area contributed by atoms with E-state index in [1.54, 1.807) is 5.38 Å². The van der Waals surface area contributed by atoms with Gasteiger partial charge in [0.15, 0.2) is 5.13 Å². The molecule has 72 valence electrons. The molecule has 3 nitrogen and oxygen atoms in total. The van der Waals surface area contributed by atoms with E-state index in [-0.39, 0.29) is 5.56 Å². The summed E-state index contributed by atoms with van der Waals surface area (Å²) in [4.78, 5) is 7.43. The molecule has 2 heterocycles. The molecule has 2 N–H and O–H groups in total. The summed E-state index contributed by atoms with van der Waals surface area (Å²) in [5.74, 6) is -0.597. The number of nitrogens with two attached hydrogens (primary N) is 1. The van der Waals surface area contributed by atoms with Gasteiger partial charge in [-0.05, 0) is 6.07 Å². The molecular weight excluding hydrogens is 225 g/mol. The van der Waals surface area contributed by atoms with Crippen molar-refractivity contribution in [3.05, 3.63) is 28.6 Å². The molecule has 0 fully saturated rings. The molecule has 0 unspecified atom stereocenters. The van der Waals surface area contributed by atoms with E-state index < -0.39 is 5.95 Å². The van der Waals surface area contributed by atoms with E-state index >= 15 is 0 Å². The fourth-order valence-electron chi connectivity index (χ4n) is 1.01. The topological polar surface area (TPSA) is 51.8 Å². The SMILES string of the molecule is Nc1nc(-c2cc(Cl)cnc2F)cs1. The number of nitrogens with zero attached hydrogens (tertiary/aromatic N) is 2. The number of anilines is 1. The van der Waals surface area contributed by atoms with E-state index in [4.69, 9.17) is 17.3 Å². The largest absolute Gasteiger partial charge is 0.375 e. The second-order valence-electron chi connectivity index (χ2n) is 2.56. The molecule has 6 heteroatoms. The summed E-state index contributed by atoms with van der Waals surface area (Å²) in [6.07, 6.45) is 1.25. The van der Waals surface area contributed by atoms with Gasteiger partial charge in [-0.2, -0.15) is 4.39 Å². The van der Waals surface area contributed by atoms with E-state index in [9.17, 15) is 4.39 Å². The van der Waals surface area contributed by atoms with Gasteiger partial charge in [0.1, 0.15) is 0 Å². The van der Waals surface area contributed by atoms with Crippen molar-refractivity contribution in [2.24, 2.45) is 0 Å². The Bertz CT molecular complexity index is 471. The van der Waals surface area contributed by atoms with E-state index in [1.807, 2.05) is 0 Å². The summed E-state index contributed by atoms with van der Waals surface area (Å²) in [6.45, 7) is 0. The van der Waals surface area contributed by atoms with Crippen LogP contribution in [0.5, 0.6) is 0 Å². The highest BCUT2D eigenvalue weighted by Gasteiger charge is 2.09. The van der Waals surface area contributed by atoms with Gasteiger partial charge in [0, 0.05) is 11.6 Å². The first-order valence-electron chi connectivity index (χ1n) is 3.69. The van der Waals surface area contributed by atoms with Crippen molar-refractivity contribution in [2.45, 2.75) is 0 Å². The van der Waals surface area contributed by atoms with Crippen LogP contribution >= 0.6 is 22.9 Å². The third-order valence-electron chi connectivity index (χ3n) is 1.60. The Balaban J connectivity index is 2.55. The third-order valence-corrected chi connectivity index (χ3v) is 2.48. The molecular formula is C8H5ClFN3S. The average Bonchev–Trinajstić information content (AvgIpc) is 2.56. The fraction of sp³-hybridized carbons (Fsp3) is 0. The van der Waals surface area contributed by atoms with Gasteiger partial charge in [0.2, 0.25) is 5.95 Å². The van der Waals surface area contributed by atoms with Crippen LogP contribution in [0.1, 0.15) is 0 Å². The number of thiazole rings is 1. The Hall–Kier alpha value is -1.20. The monoisotopic (exact) mass is 229 g/mol. The summed E-state index contributed by atoms with van der Waals surface area (Å²) in [6, 6.07) is 1.47. The minimum absolute atomic E-state index is 0.269. The first-order chi connectivity index (χ1) is 6.66. The molecule has 2 aromatic heterocycles. The van der Waals surface area contributed by atoms with E-state index in [2.05, 4.69) is 9.97 Å². The first kappa shape index (κ1) is 9.36. The Morgan fingerprint density at radius 3 is 2.93 bits per heavy atom. The molecule has 0 radical (unpaired) electrons. The quantitative estimate of drug-likeness (QED) is 0.765. The molecule has 0 saturated carbocycles. The molecule has 0 spiro atoms. The second kappa shape index (κ2) is 3.51. The molecule has 0 aliphatic carbocycles. The molecule has 14 heavy (non-hydrogen) atoms. The zero-order valence-corrected chi connectivity index (χ0v) is 8.44. The van der Waals surface area contributed by atoms with E-state index in [0.29, 0.717) is 15.8 Å². The lowest BCUT2D eigenvalue weighted by Crippen LogP contribution is -1.89. The highest BCUT2D eigenvalue weighted by Crippen LogP contribution is 2.26. The summed E-state index contributed by atoms with van der Waals surface area (Å²) in [5.41, 5.74) is 6.16. The highest BCUT2D eigenvalue weighted by atomic mass is 35.5.